The second-order valence-electron chi connectivity index (χ2n) is 24.1. The van der Waals surface area contributed by atoms with Gasteiger partial charge >= 0.3 is 23.5 Å². The fourth-order valence-corrected chi connectivity index (χ4v) is 13.9. The molecule has 8 heterocycles. The smallest absolute Gasteiger partial charge is 0.394 e. The Morgan fingerprint density at radius 3 is 0.673 bits per heavy atom. The highest BCUT2D eigenvalue weighted by Gasteiger charge is 2.58. The van der Waals surface area contributed by atoms with Gasteiger partial charge in [0.25, 0.3) is 0 Å². The van der Waals surface area contributed by atoms with Gasteiger partial charge < -0.3 is 204 Å². The Morgan fingerprint density at radius 2 is 0.426 bits per heavy atom. The number of phosphoric acid groups is 3. The topological polar surface area (TPSA) is 804 Å². The molecule has 3 unspecified atom stereocenters. The van der Waals surface area contributed by atoms with Crippen molar-refractivity contribution < 1.29 is 245 Å². The maximum absolute atomic E-state index is 13.4. The Balaban J connectivity index is 0.815. The minimum atomic E-state index is -5.74. The van der Waals surface area contributed by atoms with Gasteiger partial charge in [-0.15, -0.1) is 0 Å². The van der Waals surface area contributed by atoms with E-state index in [1.807, 2.05) is 0 Å². The first-order chi connectivity index (χ1) is 47.2. The van der Waals surface area contributed by atoms with Gasteiger partial charge in [-0.3, -0.25) is 27.1 Å². The van der Waals surface area contributed by atoms with E-state index in [2.05, 4.69) is 0 Å². The van der Waals surface area contributed by atoms with Crippen molar-refractivity contribution in [1.29, 1.82) is 0 Å². The van der Waals surface area contributed by atoms with Crippen LogP contribution < -0.4 is 0 Å². The monoisotopic (exact) mass is 1550 g/mol. The average Bonchev–Trinajstić information content (AvgIpc) is 0.790. The lowest BCUT2D eigenvalue weighted by molar-refractivity contribution is -0.356. The van der Waals surface area contributed by atoms with E-state index in [9.17, 15) is 161 Å². The maximum atomic E-state index is 13.4. The summed E-state index contributed by atoms with van der Waals surface area (Å²) in [5, 5.41) is 273. The number of hydrogen-bond acceptors (Lipinski definition) is 47. The van der Waals surface area contributed by atoms with E-state index in [4.69, 9.17) is 84.0 Å². The van der Waals surface area contributed by atoms with Crippen molar-refractivity contribution in [2.24, 2.45) is 0 Å². The second kappa shape index (κ2) is 35.7. The summed E-state index contributed by atoms with van der Waals surface area (Å²) in [6.07, 6.45) is -85.6. The number of rotatable bonds is 28. The Kier molecular flexibility index (Phi) is 30.2. The van der Waals surface area contributed by atoms with Crippen molar-refractivity contribution in [3.8, 4) is 0 Å². The van der Waals surface area contributed by atoms with Crippen LogP contribution in [0.25, 0.3) is 0 Å². The van der Waals surface area contributed by atoms with Crippen LogP contribution in [0.2, 0.25) is 0 Å². The van der Waals surface area contributed by atoms with E-state index in [1.54, 1.807) is 0 Å². The van der Waals surface area contributed by atoms with Crippen LogP contribution in [0, 0.1) is 0 Å². The fourth-order valence-electron chi connectivity index (χ4n) is 11.4. The normalized spacial score (nSPS) is 50.6. The molecule has 0 aromatic heterocycles. The molecule has 0 aromatic rings. The molecule has 0 radical (unpaired) electrons. The molecule has 53 heteroatoms. The molecular weight excluding hydrogens is 1470 g/mol. The van der Waals surface area contributed by atoms with Crippen molar-refractivity contribution in [1.82, 2.24) is 0 Å². The van der Waals surface area contributed by atoms with E-state index in [0.717, 1.165) is 0 Å². The van der Waals surface area contributed by atoms with Crippen molar-refractivity contribution in [2.75, 3.05) is 52.9 Å². The lowest BCUT2D eigenvalue weighted by Gasteiger charge is -2.46. The Morgan fingerprint density at radius 1 is 0.228 bits per heavy atom. The number of ether oxygens (including phenoxy) is 12. The quantitative estimate of drug-likeness (QED) is 0.0324. The van der Waals surface area contributed by atoms with Crippen LogP contribution in [0.1, 0.15) is 0 Å². The Labute approximate surface area is 566 Å². The van der Waals surface area contributed by atoms with Crippen molar-refractivity contribution in [3.63, 3.8) is 0 Å². The fraction of sp³-hybridized carbons (Fsp3) is 1.00. The van der Waals surface area contributed by atoms with Crippen molar-refractivity contribution in [2.45, 2.75) is 246 Å². The average molecular weight is 1560 g/mol. The van der Waals surface area contributed by atoms with E-state index in [0.29, 0.717) is 0 Å². The number of hydrogen-bond donors (Lipinski definition) is 29. The predicted octanol–water partition coefficient (Wildman–Crippen LogP) is -18.1. The second-order valence-corrected chi connectivity index (χ2v) is 28.3. The number of aliphatic hydroxyl groups excluding tert-OH is 26. The predicted molar refractivity (Wildman–Crippen MR) is 297 cm³/mol. The summed E-state index contributed by atoms with van der Waals surface area (Å²) >= 11 is 0. The van der Waals surface area contributed by atoms with Gasteiger partial charge in [-0.2, -0.15) is 0 Å². The molecular formula is C48H85O50P3. The van der Waals surface area contributed by atoms with Gasteiger partial charge in [0.1, 0.15) is 195 Å². The van der Waals surface area contributed by atoms with Crippen LogP contribution >= 0.6 is 23.5 Å². The minimum Gasteiger partial charge on any atom is -0.394 e. The molecule has 0 aromatic carbocycles. The highest BCUT2D eigenvalue weighted by Crippen LogP contribution is 2.51. The lowest BCUT2D eigenvalue weighted by Crippen LogP contribution is -2.65. The zero-order valence-corrected chi connectivity index (χ0v) is 54.3. The molecule has 0 bridgehead atoms. The minimum absolute atomic E-state index is 0.901. The highest BCUT2D eigenvalue weighted by atomic mass is 31.2. The number of phosphoric ester groups is 3. The van der Waals surface area contributed by atoms with Crippen LogP contribution in [0.4, 0.5) is 0 Å². The molecule has 43 atom stereocenters. The molecule has 0 aliphatic carbocycles. The summed E-state index contributed by atoms with van der Waals surface area (Å²) in [5.74, 6) is 0. The summed E-state index contributed by atoms with van der Waals surface area (Å²) in [7, 11) is -17.0. The van der Waals surface area contributed by atoms with Crippen LogP contribution in [0.3, 0.4) is 0 Å². The Bertz CT molecular complexity index is 2720. The first-order valence-electron chi connectivity index (χ1n) is 30.4. The lowest BCUT2D eigenvalue weighted by atomic mass is 9.97. The zero-order chi connectivity index (χ0) is 75.0. The van der Waals surface area contributed by atoms with E-state index in [1.165, 1.54) is 0 Å². The molecule has 8 rings (SSSR count). The third-order valence-corrected chi connectivity index (χ3v) is 20.1. The summed E-state index contributed by atoms with van der Waals surface area (Å²) in [6, 6.07) is 0. The Hall–Kier alpha value is -1.19. The third-order valence-electron chi connectivity index (χ3n) is 17.2. The standard InChI is InChI=1S/C48H85O50P3/c49-1-9-17(54)21(58)30(67)42(85-9)93-38-11(3-51)86-46(34(71)26(38)63)96-100(77,78)82-7-15-19(56)23(60)32(69)44(90-15)95-40-13(5-53)88-48(36(73)28(40)65)98-101(79,80)83-8-16-20(57)24(61)33(70)45(91-16)94-39-12(4-52)87-47(35(72)27(39)64)97-99(75,76)81-6-14-18(55)22(59)31(68)43(89-14)92-37-10(2-50)84-41(74)29(66)25(37)62/h9-74H,1-8H2,(H,75,76)(H,77,78)(H,79,80)/t9-,10-,11-,12-,13-,14-,15-,16-,17+,18+,19+,20+,21+,22+,23+,24+,25-,26-,27-,28-,29+,30-,31-,32-,33-,34+,35+,36+,37-,38-,39-,40-,41+,42+,43+,44+,45+,46-,47-,48-/m1/s1. The molecule has 50 nitrogen and oxygen atoms in total. The summed E-state index contributed by atoms with van der Waals surface area (Å²) in [4.78, 5) is 32.0. The van der Waals surface area contributed by atoms with Gasteiger partial charge in [0.15, 0.2) is 50.3 Å². The van der Waals surface area contributed by atoms with Crippen molar-refractivity contribution >= 4 is 23.5 Å². The molecule has 0 spiro atoms. The van der Waals surface area contributed by atoms with Gasteiger partial charge in [-0.1, -0.05) is 0 Å². The highest BCUT2D eigenvalue weighted by molar-refractivity contribution is 7.48. The van der Waals surface area contributed by atoms with Gasteiger partial charge in [0, 0.05) is 0 Å². The van der Waals surface area contributed by atoms with E-state index < -0.39 is 322 Å². The SMILES string of the molecule is O=P(O)(OC[C@H]1O[C@@H](O[C@H]2[C@H](O)[C@H](O)[C@@H](OP(=O)(O)OC[C@H]3O[C@@H](O[C@H]4[C@H](O)[C@H](O)[C@@H](OP(=O)(O)OC[C@H]5O[C@@H](O[C@H]6[C@H](O)[C@H](O)[C@@H](O)O[C@@H]6CO)[C@H](O)[C@@H](O)[C@H]5O)O[C@@H]4CO)[C@H](O)[C@@H](O)[C@H]3O)O[C@@H]2CO)[C@H](O)[C@@H](O)[C@H]1O)O[C@H]1O[C@H](CO)[C@@H](O[C@@H]2O[C@H](CO)[C@H](O)[C@H](O)[C@H]2O)[C@H](O)[C@@H]1O. The van der Waals surface area contributed by atoms with Crippen LogP contribution in [-0.4, -0.2) is 446 Å². The zero-order valence-electron chi connectivity index (χ0n) is 51.6. The van der Waals surface area contributed by atoms with Gasteiger partial charge in [0.2, 0.25) is 0 Å². The third kappa shape index (κ3) is 19.5. The van der Waals surface area contributed by atoms with Gasteiger partial charge in [0.05, 0.1) is 52.9 Å². The van der Waals surface area contributed by atoms with Crippen LogP contribution in [0.15, 0.2) is 0 Å². The summed E-state index contributed by atoms with van der Waals surface area (Å²) in [6.45, 7) is -9.39. The summed E-state index contributed by atoms with van der Waals surface area (Å²) in [5.41, 5.74) is 0. The molecule has 0 saturated carbocycles. The maximum Gasteiger partial charge on any atom is 0.474 e. The first-order valence-corrected chi connectivity index (χ1v) is 34.9. The molecule has 8 aliphatic heterocycles. The van der Waals surface area contributed by atoms with E-state index >= 15 is 0 Å². The first kappa shape index (κ1) is 85.4. The molecule has 592 valence electrons. The van der Waals surface area contributed by atoms with Gasteiger partial charge in [-0.25, -0.2) is 13.7 Å². The van der Waals surface area contributed by atoms with E-state index in [-0.39, 0.29) is 0 Å². The molecule has 8 aliphatic rings. The largest absolute Gasteiger partial charge is 0.474 e. The van der Waals surface area contributed by atoms with Crippen molar-refractivity contribution in [3.05, 3.63) is 0 Å². The van der Waals surface area contributed by atoms with Gasteiger partial charge in [-0.05, 0) is 0 Å². The molecule has 0 amide bonds. The number of aliphatic hydroxyl groups is 26. The molecule has 29 N–H and O–H groups in total. The van der Waals surface area contributed by atoms with Crippen LogP contribution in [0.5, 0.6) is 0 Å². The van der Waals surface area contributed by atoms with Crippen LogP contribution in [-0.2, 0) is 97.7 Å². The summed E-state index contributed by atoms with van der Waals surface area (Å²) < 4.78 is 133. The molecule has 101 heavy (non-hydrogen) atoms. The molecule has 8 saturated heterocycles. The molecule has 8 fully saturated rings.